The van der Waals surface area contributed by atoms with Crippen molar-refractivity contribution in [3.8, 4) is 0 Å². The maximum atomic E-state index is 14.9. The van der Waals surface area contributed by atoms with Gasteiger partial charge in [0.2, 0.25) is 11.6 Å². The molecular weight excluding hydrogens is 569 g/mol. The quantitative estimate of drug-likeness (QED) is 0.334. The Balaban J connectivity index is 1.56. The van der Waals surface area contributed by atoms with E-state index in [1.807, 2.05) is 0 Å². The molecule has 5 rings (SSSR count). The lowest BCUT2D eigenvalue weighted by Gasteiger charge is -2.42. The molecule has 222 valence electrons. The van der Waals surface area contributed by atoms with E-state index in [0.29, 0.717) is 19.8 Å². The van der Waals surface area contributed by atoms with E-state index >= 15 is 0 Å². The van der Waals surface area contributed by atoms with E-state index in [1.54, 1.807) is 0 Å². The van der Waals surface area contributed by atoms with E-state index < -0.39 is 67.4 Å². The minimum atomic E-state index is -5.19. The van der Waals surface area contributed by atoms with Gasteiger partial charge in [0.25, 0.3) is 0 Å². The molecule has 2 fully saturated rings. The Hall–Kier alpha value is -3.02. The standard InChI is InChI=1S/C29H30F5NO5S/c1-27(31,29(32,33)34)18-4-11-23-16(14-18)3-10-24-22(25(36)35-20-7-2-17(15-20)26(37)38)12-13-28(23,24)41(39,40)21-8-5-19(30)6-9-21/h4-6,8-9,11,14,17,20,22,24H,2-3,7,10,12-13,15H2,1H3,(H,35,36)(H,37,38)/t17-,20+,22+,24-,27?,28+/m0/s1. The molecule has 0 aromatic heterocycles. The third-order valence-corrected chi connectivity index (χ3v) is 11.9. The van der Waals surface area contributed by atoms with Crippen molar-refractivity contribution in [3.63, 3.8) is 0 Å². The number of carboxylic acids is 1. The van der Waals surface area contributed by atoms with Crippen molar-refractivity contribution >= 4 is 21.7 Å². The first-order valence-electron chi connectivity index (χ1n) is 13.5. The lowest BCUT2D eigenvalue weighted by Crippen LogP contribution is -2.48. The second-order valence-corrected chi connectivity index (χ2v) is 13.8. The van der Waals surface area contributed by atoms with Crippen molar-refractivity contribution in [2.75, 3.05) is 0 Å². The maximum absolute atomic E-state index is 14.9. The molecule has 6 atom stereocenters. The topological polar surface area (TPSA) is 101 Å². The highest BCUT2D eigenvalue weighted by molar-refractivity contribution is 7.92. The van der Waals surface area contributed by atoms with Crippen molar-refractivity contribution in [1.29, 1.82) is 0 Å². The summed E-state index contributed by atoms with van der Waals surface area (Å²) in [7, 11) is -4.32. The van der Waals surface area contributed by atoms with Crippen LogP contribution in [0.2, 0.25) is 0 Å². The molecule has 12 heteroatoms. The minimum Gasteiger partial charge on any atom is -0.481 e. The number of nitrogens with one attached hydrogen (secondary N) is 1. The number of benzene rings is 2. The number of hydrogen-bond donors (Lipinski definition) is 2. The van der Waals surface area contributed by atoms with Gasteiger partial charge in [0.15, 0.2) is 9.84 Å². The molecule has 3 aliphatic carbocycles. The summed E-state index contributed by atoms with van der Waals surface area (Å²) in [5.41, 5.74) is -3.81. The van der Waals surface area contributed by atoms with Crippen molar-refractivity contribution < 1.29 is 45.1 Å². The second-order valence-electron chi connectivity index (χ2n) is 11.6. The maximum Gasteiger partial charge on any atom is 0.426 e. The Bertz CT molecular complexity index is 1470. The van der Waals surface area contributed by atoms with Crippen LogP contribution in [0.4, 0.5) is 22.0 Å². The molecule has 6 nitrogen and oxygen atoms in total. The lowest BCUT2D eigenvalue weighted by molar-refractivity contribution is -0.228. The molecule has 1 unspecified atom stereocenters. The van der Waals surface area contributed by atoms with Crippen LogP contribution in [0.1, 0.15) is 62.1 Å². The van der Waals surface area contributed by atoms with E-state index in [2.05, 4.69) is 5.32 Å². The van der Waals surface area contributed by atoms with Crippen LogP contribution < -0.4 is 5.32 Å². The summed E-state index contributed by atoms with van der Waals surface area (Å²) in [4.78, 5) is 24.7. The molecule has 2 N–H and O–H groups in total. The van der Waals surface area contributed by atoms with Crippen LogP contribution in [0.15, 0.2) is 47.4 Å². The molecule has 41 heavy (non-hydrogen) atoms. The Morgan fingerprint density at radius 2 is 1.68 bits per heavy atom. The minimum absolute atomic E-state index is 0.0175. The summed E-state index contributed by atoms with van der Waals surface area (Å²) in [5.74, 6) is -4.08. The van der Waals surface area contributed by atoms with Crippen LogP contribution in [-0.2, 0) is 36.3 Å². The number of carbonyl (C=O) groups excluding carboxylic acids is 1. The van der Waals surface area contributed by atoms with Crippen molar-refractivity contribution in [2.45, 2.75) is 79.4 Å². The Kier molecular flexibility index (Phi) is 7.23. The van der Waals surface area contributed by atoms with Crippen molar-refractivity contribution in [2.24, 2.45) is 17.8 Å². The summed E-state index contributed by atoms with van der Waals surface area (Å²) < 4.78 is 96.0. The number of aliphatic carboxylic acids is 1. The fourth-order valence-electron chi connectivity index (χ4n) is 7.09. The second kappa shape index (κ2) is 10.1. The molecule has 0 radical (unpaired) electrons. The zero-order valence-corrected chi connectivity index (χ0v) is 23.0. The molecule has 1 amide bonds. The van der Waals surface area contributed by atoms with Gasteiger partial charge < -0.3 is 10.4 Å². The van der Waals surface area contributed by atoms with E-state index in [1.165, 1.54) is 6.07 Å². The van der Waals surface area contributed by atoms with Gasteiger partial charge in [-0.15, -0.1) is 0 Å². The van der Waals surface area contributed by atoms with Gasteiger partial charge in [0.05, 0.1) is 10.8 Å². The number of hydrogen-bond acceptors (Lipinski definition) is 4. The molecule has 3 aliphatic rings. The van der Waals surface area contributed by atoms with Crippen LogP contribution in [0, 0.1) is 23.6 Å². The number of aryl methyl sites for hydroxylation is 1. The molecule has 0 spiro atoms. The number of carboxylic acid groups (broad SMARTS) is 1. The molecule has 2 saturated carbocycles. The average molecular weight is 600 g/mol. The molecule has 0 aliphatic heterocycles. The third-order valence-electron chi connectivity index (χ3n) is 9.34. The van der Waals surface area contributed by atoms with Gasteiger partial charge in [-0.25, -0.2) is 17.2 Å². The molecule has 0 heterocycles. The van der Waals surface area contributed by atoms with E-state index in [0.717, 1.165) is 36.4 Å². The SMILES string of the molecule is CC(F)(c1ccc2c(c1)CC[C@H]1[C@H](C(=O)N[C@@H]3CC[C@H](C(=O)O)C3)CC[C@@]21S(=O)(=O)c1ccc(F)cc1)C(F)(F)F. The van der Waals surface area contributed by atoms with Crippen molar-refractivity contribution in [3.05, 3.63) is 65.0 Å². The van der Waals surface area contributed by atoms with Crippen LogP contribution in [0.25, 0.3) is 0 Å². The molecular formula is C29H30F5NO5S. The third kappa shape index (κ3) is 4.71. The van der Waals surface area contributed by atoms with Gasteiger partial charge in [0.1, 0.15) is 10.6 Å². The summed E-state index contributed by atoms with van der Waals surface area (Å²) in [6.45, 7) is 0.416. The zero-order chi connectivity index (χ0) is 30.0. The number of halogens is 5. The number of fused-ring (bicyclic) bond motifs is 3. The van der Waals surface area contributed by atoms with Gasteiger partial charge in [-0.05, 0) is 98.7 Å². The summed E-state index contributed by atoms with van der Waals surface area (Å²) in [5, 5.41) is 12.2. The zero-order valence-electron chi connectivity index (χ0n) is 22.2. The number of alkyl halides is 4. The van der Waals surface area contributed by atoms with Gasteiger partial charge in [-0.2, -0.15) is 13.2 Å². The summed E-state index contributed by atoms with van der Waals surface area (Å²) in [6.07, 6.45) is -3.60. The highest BCUT2D eigenvalue weighted by Crippen LogP contribution is 2.59. The largest absolute Gasteiger partial charge is 0.481 e. The predicted octanol–water partition coefficient (Wildman–Crippen LogP) is 5.58. The molecule has 0 bridgehead atoms. The van der Waals surface area contributed by atoms with Crippen LogP contribution in [0.5, 0.6) is 0 Å². The van der Waals surface area contributed by atoms with Gasteiger partial charge in [-0.1, -0.05) is 18.2 Å². The first-order valence-corrected chi connectivity index (χ1v) is 15.0. The van der Waals surface area contributed by atoms with Crippen molar-refractivity contribution in [1.82, 2.24) is 5.32 Å². The van der Waals surface area contributed by atoms with Gasteiger partial charge in [0, 0.05) is 12.0 Å². The predicted molar refractivity (Wildman–Crippen MR) is 138 cm³/mol. The smallest absolute Gasteiger partial charge is 0.426 e. The normalized spacial score (nSPS) is 29.3. The highest BCUT2D eigenvalue weighted by atomic mass is 32.2. The Morgan fingerprint density at radius 1 is 1.00 bits per heavy atom. The first kappa shape index (κ1) is 29.5. The number of carbonyl (C=O) groups is 2. The number of amides is 1. The van der Waals surface area contributed by atoms with Crippen LogP contribution >= 0.6 is 0 Å². The number of rotatable bonds is 6. The average Bonchev–Trinajstić information content (AvgIpc) is 3.54. The molecule has 2 aromatic carbocycles. The summed E-state index contributed by atoms with van der Waals surface area (Å²) >= 11 is 0. The van der Waals surface area contributed by atoms with Gasteiger partial charge >= 0.3 is 12.1 Å². The Labute approximate surface area is 234 Å². The monoisotopic (exact) mass is 599 g/mol. The Morgan fingerprint density at radius 3 is 2.29 bits per heavy atom. The molecule has 2 aromatic rings. The van der Waals surface area contributed by atoms with Gasteiger partial charge in [-0.3, -0.25) is 9.59 Å². The van der Waals surface area contributed by atoms with E-state index in [4.69, 9.17) is 0 Å². The highest BCUT2D eigenvalue weighted by Gasteiger charge is 2.62. The fourth-order valence-corrected chi connectivity index (χ4v) is 9.56. The summed E-state index contributed by atoms with van der Waals surface area (Å²) in [6, 6.07) is 7.14. The fraction of sp³-hybridized carbons (Fsp3) is 0.517. The van der Waals surface area contributed by atoms with E-state index in [-0.39, 0.29) is 54.2 Å². The van der Waals surface area contributed by atoms with E-state index in [9.17, 15) is 45.1 Å². The lowest BCUT2D eigenvalue weighted by atomic mass is 9.72. The number of sulfone groups is 1. The van der Waals surface area contributed by atoms with Crippen LogP contribution in [-0.4, -0.2) is 37.6 Å². The molecule has 0 saturated heterocycles. The first-order chi connectivity index (χ1) is 19.1. The van der Waals surface area contributed by atoms with Crippen LogP contribution in [0.3, 0.4) is 0 Å².